The zero-order valence-electron chi connectivity index (χ0n) is 7.23. The summed E-state index contributed by atoms with van der Waals surface area (Å²) in [5.74, 6) is 0.117. The van der Waals surface area contributed by atoms with Gasteiger partial charge in [0.25, 0.3) is 0 Å². The van der Waals surface area contributed by atoms with Crippen LogP contribution >= 0.6 is 0 Å². The molecule has 1 aromatic rings. The smallest absolute Gasteiger partial charge is 0.428 e. The third-order valence-electron chi connectivity index (χ3n) is 1.84. The summed E-state index contributed by atoms with van der Waals surface area (Å²) < 4.78 is 4.71. The lowest BCUT2D eigenvalue weighted by Crippen LogP contribution is -2.30. The van der Waals surface area contributed by atoms with Gasteiger partial charge in [0.1, 0.15) is 18.1 Å². The number of para-hydroxylation sites is 1. The molecule has 1 aliphatic heterocycles. The van der Waals surface area contributed by atoms with Gasteiger partial charge in [0.2, 0.25) is 0 Å². The molecular weight excluding hydrogens is 184 g/mol. The standard InChI is InChI=1S/C9H8N2O3/c12-8-4-2-1-3-6(8)7-5-14-9(13)11-10-7/h1-4,12H,5H2,(H,11,13). The Morgan fingerprint density at radius 2 is 2.21 bits per heavy atom. The first-order valence-electron chi connectivity index (χ1n) is 4.05. The fourth-order valence-corrected chi connectivity index (χ4v) is 1.17. The Kier molecular flexibility index (Phi) is 2.06. The number of aromatic hydroxyl groups is 1. The molecular formula is C9H8N2O3. The van der Waals surface area contributed by atoms with Gasteiger partial charge in [-0.1, -0.05) is 12.1 Å². The molecule has 0 aromatic heterocycles. The largest absolute Gasteiger partial charge is 0.507 e. The topological polar surface area (TPSA) is 70.9 Å². The summed E-state index contributed by atoms with van der Waals surface area (Å²) in [5, 5.41) is 13.3. The van der Waals surface area contributed by atoms with E-state index < -0.39 is 6.09 Å². The van der Waals surface area contributed by atoms with Crippen molar-refractivity contribution in [2.75, 3.05) is 6.61 Å². The highest BCUT2D eigenvalue weighted by molar-refractivity contribution is 6.05. The predicted molar refractivity (Wildman–Crippen MR) is 49.1 cm³/mol. The molecule has 0 fully saturated rings. The summed E-state index contributed by atoms with van der Waals surface area (Å²) in [6.07, 6.45) is -0.579. The van der Waals surface area contributed by atoms with E-state index in [1.54, 1.807) is 24.3 Å². The summed E-state index contributed by atoms with van der Waals surface area (Å²) >= 11 is 0. The number of ether oxygens (including phenoxy) is 1. The van der Waals surface area contributed by atoms with E-state index in [1.165, 1.54) is 0 Å². The fraction of sp³-hybridized carbons (Fsp3) is 0.111. The molecule has 0 bridgehead atoms. The first-order valence-corrected chi connectivity index (χ1v) is 4.05. The highest BCUT2D eigenvalue weighted by atomic mass is 16.6. The lowest BCUT2D eigenvalue weighted by Gasteiger charge is -2.13. The number of amides is 1. The Morgan fingerprint density at radius 3 is 2.86 bits per heavy atom. The van der Waals surface area contributed by atoms with Gasteiger partial charge in [-0.15, -0.1) is 0 Å². The molecule has 2 rings (SSSR count). The molecule has 1 amide bonds. The van der Waals surface area contributed by atoms with Crippen molar-refractivity contribution < 1.29 is 14.6 Å². The number of nitrogens with zero attached hydrogens (tertiary/aromatic N) is 1. The van der Waals surface area contributed by atoms with E-state index in [0.29, 0.717) is 11.3 Å². The number of carbonyl (C=O) groups is 1. The average Bonchev–Trinajstić information content (AvgIpc) is 2.20. The highest BCUT2D eigenvalue weighted by Crippen LogP contribution is 2.17. The highest BCUT2D eigenvalue weighted by Gasteiger charge is 2.15. The summed E-state index contributed by atoms with van der Waals surface area (Å²) in [5.41, 5.74) is 3.24. The van der Waals surface area contributed by atoms with Gasteiger partial charge in [0, 0.05) is 5.56 Å². The van der Waals surface area contributed by atoms with E-state index in [4.69, 9.17) is 4.74 Å². The first kappa shape index (κ1) is 8.55. The Labute approximate surface area is 80.0 Å². The zero-order chi connectivity index (χ0) is 9.97. The van der Waals surface area contributed by atoms with Crippen LogP contribution in [0.5, 0.6) is 5.75 Å². The van der Waals surface area contributed by atoms with Crippen LogP contribution in [-0.4, -0.2) is 23.5 Å². The quantitative estimate of drug-likeness (QED) is 0.692. The van der Waals surface area contributed by atoms with Crippen LogP contribution in [0.1, 0.15) is 5.56 Å². The van der Waals surface area contributed by atoms with Crippen LogP contribution < -0.4 is 5.43 Å². The fourth-order valence-electron chi connectivity index (χ4n) is 1.17. The molecule has 1 heterocycles. The van der Waals surface area contributed by atoms with Gasteiger partial charge in [0.15, 0.2) is 0 Å². The number of hydrazone groups is 1. The second kappa shape index (κ2) is 3.37. The Balaban J connectivity index is 2.32. The van der Waals surface area contributed by atoms with Crippen LogP contribution in [0.25, 0.3) is 0 Å². The van der Waals surface area contributed by atoms with E-state index in [-0.39, 0.29) is 12.4 Å². The molecule has 1 aromatic carbocycles. The molecule has 1 aliphatic rings. The van der Waals surface area contributed by atoms with E-state index in [1.807, 2.05) is 0 Å². The molecule has 0 atom stereocenters. The molecule has 0 saturated heterocycles. The minimum atomic E-state index is -0.579. The Hall–Kier alpha value is -2.04. The van der Waals surface area contributed by atoms with Crippen molar-refractivity contribution in [2.45, 2.75) is 0 Å². The zero-order valence-corrected chi connectivity index (χ0v) is 7.23. The molecule has 72 valence electrons. The maximum Gasteiger partial charge on any atom is 0.428 e. The number of phenols is 1. The molecule has 0 saturated carbocycles. The Bertz CT molecular complexity index is 401. The lowest BCUT2D eigenvalue weighted by atomic mass is 10.1. The average molecular weight is 192 g/mol. The second-order valence-electron chi connectivity index (χ2n) is 2.76. The molecule has 0 radical (unpaired) electrons. The maximum absolute atomic E-state index is 10.6. The van der Waals surface area contributed by atoms with Gasteiger partial charge in [-0.25, -0.2) is 10.2 Å². The number of hydrogen-bond acceptors (Lipinski definition) is 4. The monoisotopic (exact) mass is 192 g/mol. The van der Waals surface area contributed by atoms with Crippen LogP contribution in [0.3, 0.4) is 0 Å². The third kappa shape index (κ3) is 1.52. The van der Waals surface area contributed by atoms with Crippen molar-refractivity contribution in [1.82, 2.24) is 5.43 Å². The molecule has 0 aliphatic carbocycles. The summed E-state index contributed by atoms with van der Waals surface area (Å²) in [7, 11) is 0. The van der Waals surface area contributed by atoms with Crippen molar-refractivity contribution in [3.8, 4) is 5.75 Å². The minimum Gasteiger partial charge on any atom is -0.507 e. The lowest BCUT2D eigenvalue weighted by molar-refractivity contribution is 0.157. The number of nitrogens with one attached hydrogen (secondary N) is 1. The molecule has 2 N–H and O–H groups in total. The minimum absolute atomic E-state index is 0.0728. The molecule has 0 spiro atoms. The molecule has 14 heavy (non-hydrogen) atoms. The van der Waals surface area contributed by atoms with Crippen molar-refractivity contribution >= 4 is 11.8 Å². The van der Waals surface area contributed by atoms with Gasteiger partial charge in [-0.3, -0.25) is 0 Å². The number of benzene rings is 1. The van der Waals surface area contributed by atoms with Crippen LogP contribution in [0, 0.1) is 0 Å². The van der Waals surface area contributed by atoms with Gasteiger partial charge in [-0.2, -0.15) is 5.10 Å². The predicted octanol–water partition coefficient (Wildman–Crippen LogP) is 0.836. The van der Waals surface area contributed by atoms with E-state index >= 15 is 0 Å². The SMILES string of the molecule is O=C1NN=C(c2ccccc2O)CO1. The normalized spacial score (nSPS) is 15.4. The van der Waals surface area contributed by atoms with Crippen molar-refractivity contribution in [3.05, 3.63) is 29.8 Å². The summed E-state index contributed by atoms with van der Waals surface area (Å²) in [4.78, 5) is 10.6. The number of carbonyl (C=O) groups excluding carboxylic acids is 1. The van der Waals surface area contributed by atoms with Crippen LogP contribution in [-0.2, 0) is 4.74 Å². The molecule has 0 unspecified atom stereocenters. The van der Waals surface area contributed by atoms with Crippen molar-refractivity contribution in [2.24, 2.45) is 5.10 Å². The number of rotatable bonds is 1. The summed E-state index contributed by atoms with van der Waals surface area (Å²) in [6.45, 7) is 0.0728. The van der Waals surface area contributed by atoms with Crippen LogP contribution in [0.2, 0.25) is 0 Å². The molecule has 5 nitrogen and oxygen atoms in total. The number of phenolic OH excluding ortho intramolecular Hbond substituents is 1. The van der Waals surface area contributed by atoms with Gasteiger partial charge in [-0.05, 0) is 12.1 Å². The van der Waals surface area contributed by atoms with Crippen LogP contribution in [0.4, 0.5) is 4.79 Å². The molecule has 5 heteroatoms. The Morgan fingerprint density at radius 1 is 1.43 bits per heavy atom. The van der Waals surface area contributed by atoms with Crippen LogP contribution in [0.15, 0.2) is 29.4 Å². The van der Waals surface area contributed by atoms with E-state index in [2.05, 4.69) is 10.5 Å². The maximum atomic E-state index is 10.6. The number of hydrogen-bond donors (Lipinski definition) is 2. The first-order chi connectivity index (χ1) is 6.77. The van der Waals surface area contributed by atoms with Crippen molar-refractivity contribution in [3.63, 3.8) is 0 Å². The van der Waals surface area contributed by atoms with E-state index in [0.717, 1.165) is 0 Å². The van der Waals surface area contributed by atoms with Gasteiger partial charge < -0.3 is 9.84 Å². The van der Waals surface area contributed by atoms with Gasteiger partial charge >= 0.3 is 6.09 Å². The second-order valence-corrected chi connectivity index (χ2v) is 2.76. The van der Waals surface area contributed by atoms with E-state index in [9.17, 15) is 9.90 Å². The van der Waals surface area contributed by atoms with Crippen molar-refractivity contribution in [1.29, 1.82) is 0 Å². The summed E-state index contributed by atoms with van der Waals surface area (Å²) in [6, 6.07) is 6.74. The van der Waals surface area contributed by atoms with Gasteiger partial charge in [0.05, 0.1) is 0 Å². The number of cyclic esters (lactones) is 1. The third-order valence-corrected chi connectivity index (χ3v) is 1.84.